The highest BCUT2D eigenvalue weighted by Gasteiger charge is 2.11. The number of rotatable bonds is 6. The smallest absolute Gasteiger partial charge is 0.129 e. The number of hydrogen-bond donors (Lipinski definition) is 1. The second kappa shape index (κ2) is 7.23. The van der Waals surface area contributed by atoms with Crippen LogP contribution in [-0.2, 0) is 6.54 Å². The van der Waals surface area contributed by atoms with E-state index in [-0.39, 0.29) is 0 Å². The average Bonchev–Trinajstić information content (AvgIpc) is 2.50. The van der Waals surface area contributed by atoms with Crippen LogP contribution in [0.1, 0.15) is 30.0 Å². The standard InChI is InChI=1S/C18H24N2O/c1-5-8-19-10-15-9-16(12-20-11-15)17-7-6-13(2)14(3)18(17)21-4/h6-7,9,11-12,19H,5,8,10H2,1-4H3. The molecule has 0 aliphatic rings. The van der Waals surface area contributed by atoms with Crippen molar-refractivity contribution in [3.05, 3.63) is 47.3 Å². The van der Waals surface area contributed by atoms with Crippen molar-refractivity contribution >= 4 is 0 Å². The normalized spacial score (nSPS) is 10.7. The van der Waals surface area contributed by atoms with Crippen molar-refractivity contribution in [1.82, 2.24) is 10.3 Å². The molecule has 3 nitrogen and oxygen atoms in total. The van der Waals surface area contributed by atoms with Crippen LogP contribution in [0.3, 0.4) is 0 Å². The van der Waals surface area contributed by atoms with Gasteiger partial charge in [0.1, 0.15) is 5.75 Å². The molecule has 2 aromatic rings. The molecule has 1 aromatic heterocycles. The molecule has 0 radical (unpaired) electrons. The highest BCUT2D eigenvalue weighted by Crippen LogP contribution is 2.34. The fourth-order valence-electron chi connectivity index (χ4n) is 2.42. The van der Waals surface area contributed by atoms with E-state index in [2.05, 4.69) is 49.3 Å². The Labute approximate surface area is 127 Å². The molecule has 0 unspecified atom stereocenters. The zero-order chi connectivity index (χ0) is 15.2. The van der Waals surface area contributed by atoms with Crippen LogP contribution in [0.5, 0.6) is 5.75 Å². The number of nitrogens with one attached hydrogen (secondary N) is 1. The summed E-state index contributed by atoms with van der Waals surface area (Å²) < 4.78 is 5.61. The van der Waals surface area contributed by atoms with Gasteiger partial charge in [0, 0.05) is 30.1 Å². The molecule has 0 bridgehead atoms. The van der Waals surface area contributed by atoms with E-state index < -0.39 is 0 Å². The van der Waals surface area contributed by atoms with Gasteiger partial charge in [-0.15, -0.1) is 0 Å². The Kier molecular flexibility index (Phi) is 5.34. The summed E-state index contributed by atoms with van der Waals surface area (Å²) in [4.78, 5) is 4.37. The molecular formula is C18H24N2O. The molecule has 0 spiro atoms. The molecule has 0 amide bonds. The highest BCUT2D eigenvalue weighted by atomic mass is 16.5. The molecule has 0 aliphatic heterocycles. The van der Waals surface area contributed by atoms with E-state index in [9.17, 15) is 0 Å². The number of aromatic nitrogens is 1. The lowest BCUT2D eigenvalue weighted by Crippen LogP contribution is -2.13. The van der Waals surface area contributed by atoms with Gasteiger partial charge in [-0.05, 0) is 49.6 Å². The molecule has 2 rings (SSSR count). The summed E-state index contributed by atoms with van der Waals surface area (Å²) in [6.45, 7) is 8.24. The molecule has 1 aromatic carbocycles. The highest BCUT2D eigenvalue weighted by molar-refractivity contribution is 5.72. The van der Waals surface area contributed by atoms with Gasteiger partial charge in [-0.2, -0.15) is 0 Å². The zero-order valence-corrected chi connectivity index (χ0v) is 13.4. The topological polar surface area (TPSA) is 34.2 Å². The van der Waals surface area contributed by atoms with E-state index in [0.29, 0.717) is 0 Å². The van der Waals surface area contributed by atoms with Crippen molar-refractivity contribution in [3.63, 3.8) is 0 Å². The van der Waals surface area contributed by atoms with Crippen LogP contribution in [-0.4, -0.2) is 18.6 Å². The molecule has 1 heterocycles. The fraction of sp³-hybridized carbons (Fsp3) is 0.389. The monoisotopic (exact) mass is 284 g/mol. The molecule has 0 saturated carbocycles. The summed E-state index contributed by atoms with van der Waals surface area (Å²) in [6, 6.07) is 6.43. The van der Waals surface area contributed by atoms with Gasteiger partial charge in [0.15, 0.2) is 0 Å². The number of ether oxygens (including phenoxy) is 1. The maximum atomic E-state index is 5.61. The van der Waals surface area contributed by atoms with Crippen LogP contribution < -0.4 is 10.1 Å². The number of pyridine rings is 1. The number of hydrogen-bond acceptors (Lipinski definition) is 3. The number of benzene rings is 1. The maximum Gasteiger partial charge on any atom is 0.129 e. The van der Waals surface area contributed by atoms with E-state index in [1.165, 1.54) is 16.7 Å². The van der Waals surface area contributed by atoms with Gasteiger partial charge in [0.25, 0.3) is 0 Å². The molecule has 112 valence electrons. The first-order chi connectivity index (χ1) is 10.2. The first kappa shape index (κ1) is 15.5. The summed E-state index contributed by atoms with van der Waals surface area (Å²) >= 11 is 0. The lowest BCUT2D eigenvalue weighted by Gasteiger charge is -2.14. The first-order valence-corrected chi connectivity index (χ1v) is 7.46. The first-order valence-electron chi connectivity index (χ1n) is 7.46. The van der Waals surface area contributed by atoms with Gasteiger partial charge in [-0.3, -0.25) is 4.98 Å². The lowest BCUT2D eigenvalue weighted by atomic mass is 9.99. The second-order valence-corrected chi connectivity index (χ2v) is 5.35. The van der Waals surface area contributed by atoms with E-state index >= 15 is 0 Å². The van der Waals surface area contributed by atoms with E-state index in [1.807, 2.05) is 12.4 Å². The van der Waals surface area contributed by atoms with Crippen LogP contribution in [0.4, 0.5) is 0 Å². The Morgan fingerprint density at radius 1 is 1.19 bits per heavy atom. The van der Waals surface area contributed by atoms with E-state index in [1.54, 1.807) is 7.11 Å². The maximum absolute atomic E-state index is 5.61. The van der Waals surface area contributed by atoms with Crippen LogP contribution in [0.25, 0.3) is 11.1 Å². The Morgan fingerprint density at radius 3 is 2.71 bits per heavy atom. The van der Waals surface area contributed by atoms with Crippen molar-refractivity contribution in [2.45, 2.75) is 33.7 Å². The average molecular weight is 284 g/mol. The SMILES string of the molecule is CCCNCc1cncc(-c2ccc(C)c(C)c2OC)c1. The fourth-order valence-corrected chi connectivity index (χ4v) is 2.42. The van der Waals surface area contributed by atoms with Crippen molar-refractivity contribution in [2.75, 3.05) is 13.7 Å². The Hall–Kier alpha value is -1.87. The number of aryl methyl sites for hydroxylation is 1. The lowest BCUT2D eigenvalue weighted by molar-refractivity contribution is 0.413. The molecule has 3 heteroatoms. The second-order valence-electron chi connectivity index (χ2n) is 5.35. The number of nitrogens with zero attached hydrogens (tertiary/aromatic N) is 1. The molecule has 0 atom stereocenters. The van der Waals surface area contributed by atoms with E-state index in [4.69, 9.17) is 4.74 Å². The van der Waals surface area contributed by atoms with E-state index in [0.717, 1.165) is 36.4 Å². The minimum Gasteiger partial charge on any atom is -0.496 e. The van der Waals surface area contributed by atoms with Gasteiger partial charge in [0.05, 0.1) is 7.11 Å². The van der Waals surface area contributed by atoms with Gasteiger partial charge in [-0.1, -0.05) is 19.1 Å². The summed E-state index contributed by atoms with van der Waals surface area (Å²) in [5.41, 5.74) is 5.83. The third-order valence-corrected chi connectivity index (χ3v) is 3.74. The van der Waals surface area contributed by atoms with Crippen LogP contribution >= 0.6 is 0 Å². The third kappa shape index (κ3) is 3.61. The molecule has 0 aliphatic carbocycles. The van der Waals surface area contributed by atoms with Gasteiger partial charge >= 0.3 is 0 Å². The Balaban J connectivity index is 2.34. The van der Waals surface area contributed by atoms with Gasteiger partial charge < -0.3 is 10.1 Å². The quantitative estimate of drug-likeness (QED) is 0.818. The minimum atomic E-state index is 0.849. The van der Waals surface area contributed by atoms with Crippen molar-refractivity contribution in [1.29, 1.82) is 0 Å². The van der Waals surface area contributed by atoms with Crippen molar-refractivity contribution < 1.29 is 4.74 Å². The molecule has 1 N–H and O–H groups in total. The van der Waals surface area contributed by atoms with Crippen molar-refractivity contribution in [3.8, 4) is 16.9 Å². The Bertz CT molecular complexity index is 608. The van der Waals surface area contributed by atoms with Crippen molar-refractivity contribution in [2.24, 2.45) is 0 Å². The largest absolute Gasteiger partial charge is 0.496 e. The minimum absolute atomic E-state index is 0.849. The predicted molar refractivity (Wildman–Crippen MR) is 87.7 cm³/mol. The van der Waals surface area contributed by atoms with Gasteiger partial charge in [-0.25, -0.2) is 0 Å². The molecule has 0 saturated heterocycles. The summed E-state index contributed by atoms with van der Waals surface area (Å²) in [5, 5.41) is 3.41. The third-order valence-electron chi connectivity index (χ3n) is 3.74. The summed E-state index contributed by atoms with van der Waals surface area (Å²) in [6.07, 6.45) is 4.95. The predicted octanol–water partition coefficient (Wildman–Crippen LogP) is 3.87. The molecule has 21 heavy (non-hydrogen) atoms. The number of methoxy groups -OCH3 is 1. The molecule has 0 fully saturated rings. The summed E-state index contributed by atoms with van der Waals surface area (Å²) in [5.74, 6) is 0.940. The molecular weight excluding hydrogens is 260 g/mol. The summed E-state index contributed by atoms with van der Waals surface area (Å²) in [7, 11) is 1.73. The zero-order valence-electron chi connectivity index (χ0n) is 13.4. The van der Waals surface area contributed by atoms with Crippen LogP contribution in [0, 0.1) is 13.8 Å². The van der Waals surface area contributed by atoms with Crippen LogP contribution in [0.2, 0.25) is 0 Å². The van der Waals surface area contributed by atoms with Crippen LogP contribution in [0.15, 0.2) is 30.6 Å². The van der Waals surface area contributed by atoms with Gasteiger partial charge in [0.2, 0.25) is 0 Å². The Morgan fingerprint density at radius 2 is 2.00 bits per heavy atom.